The molecular formula is C12H17ClN2O2. The first-order valence-electron chi connectivity index (χ1n) is 5.63. The Balaban J connectivity index is 2.65. The molecule has 1 amide bonds. The van der Waals surface area contributed by atoms with E-state index >= 15 is 0 Å². The number of amides is 1. The molecule has 0 radical (unpaired) electrons. The number of rotatable bonds is 5. The van der Waals surface area contributed by atoms with E-state index in [2.05, 4.69) is 10.3 Å². The first kappa shape index (κ1) is 13.9. The molecule has 0 aliphatic heterocycles. The van der Waals surface area contributed by atoms with Crippen molar-refractivity contribution in [1.82, 2.24) is 10.3 Å². The van der Waals surface area contributed by atoms with Crippen molar-refractivity contribution >= 4 is 17.5 Å². The molecule has 0 saturated carbocycles. The molecule has 1 aromatic rings. The molecule has 2 N–H and O–H groups in total. The van der Waals surface area contributed by atoms with Crippen LogP contribution in [-0.4, -0.2) is 28.1 Å². The fraction of sp³-hybridized carbons (Fsp3) is 0.500. The van der Waals surface area contributed by atoms with Crippen LogP contribution in [0, 0.1) is 0 Å². The van der Waals surface area contributed by atoms with Gasteiger partial charge >= 0.3 is 0 Å². The standard InChI is InChI=1S/C12H17ClN2O2/c1-3-12(17,4-2)8-15-11(16)9-6-5-7-14-10(9)13/h5-7,17H,3-4,8H2,1-2H3,(H,15,16). The Morgan fingerprint density at radius 1 is 1.53 bits per heavy atom. The van der Waals surface area contributed by atoms with Crippen molar-refractivity contribution in [3.8, 4) is 0 Å². The molecular weight excluding hydrogens is 240 g/mol. The SMILES string of the molecule is CCC(O)(CC)CNC(=O)c1cccnc1Cl. The molecule has 0 aromatic carbocycles. The van der Waals surface area contributed by atoms with Crippen LogP contribution in [0.3, 0.4) is 0 Å². The van der Waals surface area contributed by atoms with Gasteiger partial charge in [0.05, 0.1) is 11.2 Å². The summed E-state index contributed by atoms with van der Waals surface area (Å²) in [7, 11) is 0. The Morgan fingerprint density at radius 2 is 2.18 bits per heavy atom. The van der Waals surface area contributed by atoms with E-state index in [1.54, 1.807) is 12.1 Å². The molecule has 0 unspecified atom stereocenters. The number of nitrogens with zero attached hydrogens (tertiary/aromatic N) is 1. The van der Waals surface area contributed by atoms with Gasteiger partial charge in [0.15, 0.2) is 0 Å². The highest BCUT2D eigenvalue weighted by Gasteiger charge is 2.23. The summed E-state index contributed by atoms with van der Waals surface area (Å²) in [6.07, 6.45) is 2.70. The van der Waals surface area contributed by atoms with Crippen LogP contribution in [0.15, 0.2) is 18.3 Å². The monoisotopic (exact) mass is 256 g/mol. The molecule has 0 bridgehead atoms. The van der Waals surface area contributed by atoms with Crippen molar-refractivity contribution in [1.29, 1.82) is 0 Å². The minimum Gasteiger partial charge on any atom is -0.388 e. The predicted molar refractivity (Wildman–Crippen MR) is 67.1 cm³/mol. The summed E-state index contributed by atoms with van der Waals surface area (Å²) < 4.78 is 0. The first-order chi connectivity index (χ1) is 8.02. The van der Waals surface area contributed by atoms with Crippen LogP contribution in [-0.2, 0) is 0 Å². The number of nitrogens with one attached hydrogen (secondary N) is 1. The summed E-state index contributed by atoms with van der Waals surface area (Å²) in [5, 5.41) is 12.9. The third kappa shape index (κ3) is 3.68. The molecule has 94 valence electrons. The predicted octanol–water partition coefficient (Wildman–Crippen LogP) is 2.02. The van der Waals surface area contributed by atoms with Crippen molar-refractivity contribution in [2.45, 2.75) is 32.3 Å². The highest BCUT2D eigenvalue weighted by atomic mass is 35.5. The third-order valence-electron chi connectivity index (χ3n) is 2.90. The Kier molecular flexibility index (Phi) is 4.90. The maximum absolute atomic E-state index is 11.8. The molecule has 0 aliphatic carbocycles. The molecule has 1 heterocycles. The summed E-state index contributed by atoms with van der Waals surface area (Å²) in [5.41, 5.74) is -0.534. The van der Waals surface area contributed by atoms with E-state index < -0.39 is 5.60 Å². The highest BCUT2D eigenvalue weighted by Crippen LogP contribution is 2.15. The summed E-state index contributed by atoms with van der Waals surface area (Å²) in [6.45, 7) is 3.98. The molecule has 1 rings (SSSR count). The van der Waals surface area contributed by atoms with E-state index in [-0.39, 0.29) is 17.6 Å². The van der Waals surface area contributed by atoms with Gasteiger partial charge in [-0.15, -0.1) is 0 Å². The number of halogens is 1. The zero-order valence-corrected chi connectivity index (χ0v) is 10.8. The van der Waals surface area contributed by atoms with Gasteiger partial charge in [-0.1, -0.05) is 25.4 Å². The molecule has 0 aliphatic rings. The van der Waals surface area contributed by atoms with Gasteiger partial charge in [0, 0.05) is 12.7 Å². The maximum Gasteiger partial charge on any atom is 0.254 e. The van der Waals surface area contributed by atoms with E-state index in [0.29, 0.717) is 18.4 Å². The van der Waals surface area contributed by atoms with E-state index in [1.165, 1.54) is 6.20 Å². The minimum atomic E-state index is -0.857. The van der Waals surface area contributed by atoms with Crippen molar-refractivity contribution in [2.24, 2.45) is 0 Å². The number of aromatic nitrogens is 1. The lowest BCUT2D eigenvalue weighted by Gasteiger charge is -2.25. The van der Waals surface area contributed by atoms with Gasteiger partial charge in [-0.05, 0) is 25.0 Å². The Labute approximate surface area is 106 Å². The second-order valence-corrected chi connectivity index (χ2v) is 4.31. The van der Waals surface area contributed by atoms with Crippen LogP contribution in [0.4, 0.5) is 0 Å². The van der Waals surface area contributed by atoms with Gasteiger partial charge < -0.3 is 10.4 Å². The topological polar surface area (TPSA) is 62.2 Å². The van der Waals surface area contributed by atoms with Crippen LogP contribution in [0.2, 0.25) is 5.15 Å². The van der Waals surface area contributed by atoms with E-state index in [0.717, 1.165) is 0 Å². The van der Waals surface area contributed by atoms with Crippen LogP contribution in [0.5, 0.6) is 0 Å². The molecule has 0 spiro atoms. The Morgan fingerprint density at radius 3 is 2.71 bits per heavy atom. The number of pyridine rings is 1. The quantitative estimate of drug-likeness (QED) is 0.793. The van der Waals surface area contributed by atoms with Gasteiger partial charge in [0.1, 0.15) is 5.15 Å². The molecule has 5 heteroatoms. The number of hydrogen-bond donors (Lipinski definition) is 2. The van der Waals surface area contributed by atoms with Crippen molar-refractivity contribution in [3.05, 3.63) is 29.0 Å². The first-order valence-corrected chi connectivity index (χ1v) is 6.01. The summed E-state index contributed by atoms with van der Waals surface area (Å²) in [6, 6.07) is 3.24. The smallest absolute Gasteiger partial charge is 0.254 e. The van der Waals surface area contributed by atoms with Crippen LogP contribution >= 0.6 is 11.6 Å². The van der Waals surface area contributed by atoms with Crippen molar-refractivity contribution < 1.29 is 9.90 Å². The highest BCUT2D eigenvalue weighted by molar-refractivity contribution is 6.32. The zero-order chi connectivity index (χ0) is 12.9. The van der Waals surface area contributed by atoms with Crippen LogP contribution < -0.4 is 5.32 Å². The van der Waals surface area contributed by atoms with Crippen molar-refractivity contribution in [3.63, 3.8) is 0 Å². The lowest BCUT2D eigenvalue weighted by Crippen LogP contribution is -2.42. The normalized spacial score (nSPS) is 11.3. The number of aliphatic hydroxyl groups is 1. The number of hydrogen-bond acceptors (Lipinski definition) is 3. The molecule has 0 saturated heterocycles. The molecule has 0 atom stereocenters. The maximum atomic E-state index is 11.8. The summed E-state index contributed by atoms with van der Waals surface area (Å²) >= 11 is 5.80. The van der Waals surface area contributed by atoms with Crippen LogP contribution in [0.1, 0.15) is 37.0 Å². The van der Waals surface area contributed by atoms with Gasteiger partial charge in [-0.3, -0.25) is 4.79 Å². The van der Waals surface area contributed by atoms with E-state index in [9.17, 15) is 9.90 Å². The average molecular weight is 257 g/mol. The van der Waals surface area contributed by atoms with Crippen molar-refractivity contribution in [2.75, 3.05) is 6.54 Å². The van der Waals surface area contributed by atoms with Gasteiger partial charge in [-0.2, -0.15) is 0 Å². The largest absolute Gasteiger partial charge is 0.388 e. The zero-order valence-electron chi connectivity index (χ0n) is 10.0. The summed E-state index contributed by atoms with van der Waals surface area (Å²) in [4.78, 5) is 15.6. The van der Waals surface area contributed by atoms with E-state index in [1.807, 2.05) is 13.8 Å². The average Bonchev–Trinajstić information content (AvgIpc) is 2.36. The number of carbonyl (C=O) groups excluding carboxylic acids is 1. The number of carbonyl (C=O) groups is 1. The van der Waals surface area contributed by atoms with Crippen LogP contribution in [0.25, 0.3) is 0 Å². The molecule has 0 fully saturated rings. The Bertz CT molecular complexity index is 392. The third-order valence-corrected chi connectivity index (χ3v) is 3.20. The minimum absolute atomic E-state index is 0.168. The van der Waals surface area contributed by atoms with Gasteiger partial charge in [0.25, 0.3) is 5.91 Å². The van der Waals surface area contributed by atoms with E-state index in [4.69, 9.17) is 11.6 Å². The second-order valence-electron chi connectivity index (χ2n) is 3.96. The fourth-order valence-corrected chi connectivity index (χ4v) is 1.60. The fourth-order valence-electron chi connectivity index (χ4n) is 1.40. The Hall–Kier alpha value is -1.13. The lowest BCUT2D eigenvalue weighted by atomic mass is 9.97. The molecule has 17 heavy (non-hydrogen) atoms. The van der Waals surface area contributed by atoms with Gasteiger partial charge in [0.2, 0.25) is 0 Å². The lowest BCUT2D eigenvalue weighted by molar-refractivity contribution is 0.0314. The van der Waals surface area contributed by atoms with Gasteiger partial charge in [-0.25, -0.2) is 4.98 Å². The molecule has 4 nitrogen and oxygen atoms in total. The summed E-state index contributed by atoms with van der Waals surface area (Å²) in [5.74, 6) is -0.316. The second kappa shape index (κ2) is 5.98. The molecule has 1 aromatic heterocycles.